The van der Waals surface area contributed by atoms with Gasteiger partial charge in [-0.1, -0.05) is 6.92 Å². The van der Waals surface area contributed by atoms with E-state index in [1.807, 2.05) is 0 Å². The number of urea groups is 1. The van der Waals surface area contributed by atoms with Crippen LogP contribution >= 0.6 is 0 Å². The number of amides is 2. The normalized spacial score (nSPS) is 19.6. The molecule has 20 heavy (non-hydrogen) atoms. The first-order chi connectivity index (χ1) is 9.65. The fraction of sp³-hybridized carbons (Fsp3) is 0.769. The third-order valence-electron chi connectivity index (χ3n) is 4.11. The number of hydrogen-bond acceptors (Lipinski definition) is 3. The lowest BCUT2D eigenvalue weighted by atomic mass is 10.1. The molecule has 2 saturated carbocycles. The monoisotopic (exact) mass is 279 g/mol. The van der Waals surface area contributed by atoms with Gasteiger partial charge in [0.15, 0.2) is 5.82 Å². The van der Waals surface area contributed by atoms with Crippen LogP contribution in [0, 0.1) is 11.8 Å². The van der Waals surface area contributed by atoms with Crippen molar-refractivity contribution in [2.24, 2.45) is 11.8 Å². The van der Waals surface area contributed by atoms with Crippen molar-refractivity contribution < 1.29 is 4.79 Å². The molecule has 1 heterocycles. The van der Waals surface area contributed by atoms with E-state index in [-0.39, 0.29) is 24.3 Å². The summed E-state index contributed by atoms with van der Waals surface area (Å²) in [5.41, 5.74) is -0.188. The zero-order valence-electron chi connectivity index (χ0n) is 11.7. The highest BCUT2D eigenvalue weighted by atomic mass is 16.2. The fourth-order valence-electron chi connectivity index (χ4n) is 2.48. The van der Waals surface area contributed by atoms with Gasteiger partial charge in [-0.25, -0.2) is 14.7 Å². The molecule has 1 aromatic heterocycles. The average molecular weight is 279 g/mol. The maximum Gasteiger partial charge on any atom is 0.343 e. The van der Waals surface area contributed by atoms with E-state index in [9.17, 15) is 9.59 Å². The smallest absolute Gasteiger partial charge is 0.338 e. The Kier molecular flexibility index (Phi) is 3.50. The van der Waals surface area contributed by atoms with Gasteiger partial charge >= 0.3 is 11.7 Å². The molecule has 0 radical (unpaired) electrons. The van der Waals surface area contributed by atoms with Gasteiger partial charge in [0.2, 0.25) is 0 Å². The number of aromatic nitrogens is 3. The van der Waals surface area contributed by atoms with Crippen LogP contribution in [0.25, 0.3) is 0 Å². The standard InChI is InChI=1S/C13H21N5O2/c1-8(9-2-3-9)6-14-12(19)15-7-11-16-17-13(20)18(11)10-4-5-10/h8-10H,2-7H2,1H3,(H,17,20)(H2,14,15,19). The van der Waals surface area contributed by atoms with Crippen molar-refractivity contribution in [1.29, 1.82) is 0 Å². The first-order valence-electron chi connectivity index (χ1n) is 7.32. The zero-order chi connectivity index (χ0) is 14.1. The molecule has 3 N–H and O–H groups in total. The number of carbonyl (C=O) groups is 1. The Morgan fingerprint density at radius 3 is 2.80 bits per heavy atom. The van der Waals surface area contributed by atoms with Gasteiger partial charge in [0.25, 0.3) is 0 Å². The number of hydrogen-bond donors (Lipinski definition) is 3. The molecule has 1 atom stereocenters. The Bertz CT molecular complexity index is 541. The molecule has 2 fully saturated rings. The molecule has 110 valence electrons. The molecule has 3 rings (SSSR count). The van der Waals surface area contributed by atoms with Crippen molar-refractivity contribution in [3.8, 4) is 0 Å². The maximum absolute atomic E-state index is 11.7. The first-order valence-corrected chi connectivity index (χ1v) is 7.32. The molecule has 2 aliphatic rings. The highest BCUT2D eigenvalue weighted by Gasteiger charge is 2.29. The third-order valence-corrected chi connectivity index (χ3v) is 4.11. The lowest BCUT2D eigenvalue weighted by molar-refractivity contribution is 0.238. The Morgan fingerprint density at radius 1 is 1.40 bits per heavy atom. The Balaban J connectivity index is 1.46. The minimum absolute atomic E-state index is 0.188. The molecular weight excluding hydrogens is 258 g/mol. The molecule has 0 aromatic carbocycles. The second kappa shape index (κ2) is 5.30. The van der Waals surface area contributed by atoms with Crippen LogP contribution < -0.4 is 16.3 Å². The van der Waals surface area contributed by atoms with E-state index in [1.54, 1.807) is 4.57 Å². The molecule has 0 bridgehead atoms. The van der Waals surface area contributed by atoms with E-state index >= 15 is 0 Å². The summed E-state index contributed by atoms with van der Waals surface area (Å²) in [6.45, 7) is 3.14. The van der Waals surface area contributed by atoms with Crippen LogP contribution in [0.3, 0.4) is 0 Å². The number of carbonyl (C=O) groups excluding carboxylic acids is 1. The maximum atomic E-state index is 11.7. The number of nitrogens with zero attached hydrogens (tertiary/aromatic N) is 2. The van der Waals surface area contributed by atoms with E-state index in [1.165, 1.54) is 12.8 Å². The van der Waals surface area contributed by atoms with Crippen LogP contribution in [0.2, 0.25) is 0 Å². The lowest BCUT2D eigenvalue weighted by Crippen LogP contribution is -2.38. The SMILES string of the molecule is CC(CNC(=O)NCc1n[nH]c(=O)n1C1CC1)C1CC1. The van der Waals surface area contributed by atoms with Crippen molar-refractivity contribution in [3.05, 3.63) is 16.3 Å². The molecule has 0 saturated heterocycles. The molecule has 2 amide bonds. The van der Waals surface area contributed by atoms with Crippen molar-refractivity contribution in [3.63, 3.8) is 0 Å². The van der Waals surface area contributed by atoms with E-state index in [0.717, 1.165) is 18.8 Å². The summed E-state index contributed by atoms with van der Waals surface area (Å²) in [5, 5.41) is 12.0. The second-order valence-corrected chi connectivity index (χ2v) is 5.92. The highest BCUT2D eigenvalue weighted by molar-refractivity contribution is 5.73. The van der Waals surface area contributed by atoms with Gasteiger partial charge < -0.3 is 10.6 Å². The van der Waals surface area contributed by atoms with Gasteiger partial charge in [0.05, 0.1) is 6.54 Å². The predicted molar refractivity (Wildman–Crippen MR) is 73.2 cm³/mol. The van der Waals surface area contributed by atoms with Gasteiger partial charge in [0, 0.05) is 12.6 Å². The summed E-state index contributed by atoms with van der Waals surface area (Å²) in [5.74, 6) is 1.92. The van der Waals surface area contributed by atoms with E-state index in [0.29, 0.717) is 18.3 Å². The molecule has 0 aliphatic heterocycles. The fourth-order valence-corrected chi connectivity index (χ4v) is 2.48. The van der Waals surface area contributed by atoms with Crippen molar-refractivity contribution in [1.82, 2.24) is 25.4 Å². The van der Waals surface area contributed by atoms with Crippen LogP contribution in [0.4, 0.5) is 4.79 Å². The molecule has 0 spiro atoms. The summed E-state index contributed by atoms with van der Waals surface area (Å²) >= 11 is 0. The van der Waals surface area contributed by atoms with Crippen molar-refractivity contribution >= 4 is 6.03 Å². The van der Waals surface area contributed by atoms with E-state index in [4.69, 9.17) is 0 Å². The number of nitrogens with one attached hydrogen (secondary N) is 3. The molecular formula is C13H21N5O2. The quantitative estimate of drug-likeness (QED) is 0.717. The summed E-state index contributed by atoms with van der Waals surface area (Å²) in [6, 6.07) is 0.0614. The first kappa shape index (κ1) is 13.2. The van der Waals surface area contributed by atoms with Gasteiger partial charge in [-0.3, -0.25) is 4.57 Å². The molecule has 1 unspecified atom stereocenters. The molecule has 7 nitrogen and oxygen atoms in total. The minimum Gasteiger partial charge on any atom is -0.338 e. The Hall–Kier alpha value is -1.79. The van der Waals surface area contributed by atoms with Crippen LogP contribution in [0.15, 0.2) is 4.79 Å². The van der Waals surface area contributed by atoms with E-state index in [2.05, 4.69) is 27.8 Å². The second-order valence-electron chi connectivity index (χ2n) is 5.92. The predicted octanol–water partition coefficient (Wildman–Crippen LogP) is 0.752. The topological polar surface area (TPSA) is 91.8 Å². The average Bonchev–Trinajstić information content (AvgIpc) is 3.32. The lowest BCUT2D eigenvalue weighted by Gasteiger charge is -2.12. The van der Waals surface area contributed by atoms with Crippen LogP contribution in [-0.4, -0.2) is 27.3 Å². The van der Waals surface area contributed by atoms with Gasteiger partial charge in [-0.05, 0) is 37.5 Å². The summed E-state index contributed by atoms with van der Waals surface area (Å²) in [4.78, 5) is 23.3. The molecule has 7 heteroatoms. The van der Waals surface area contributed by atoms with Gasteiger partial charge in [-0.15, -0.1) is 0 Å². The summed E-state index contributed by atoms with van der Waals surface area (Å²) < 4.78 is 1.65. The number of aromatic amines is 1. The number of H-pyrrole nitrogens is 1. The van der Waals surface area contributed by atoms with Crippen molar-refractivity contribution in [2.45, 2.75) is 45.2 Å². The summed E-state index contributed by atoms with van der Waals surface area (Å²) in [7, 11) is 0. The highest BCUT2D eigenvalue weighted by Crippen LogP contribution is 2.36. The van der Waals surface area contributed by atoms with Crippen molar-refractivity contribution in [2.75, 3.05) is 6.54 Å². The molecule has 1 aromatic rings. The minimum atomic E-state index is -0.199. The Morgan fingerprint density at radius 2 is 2.15 bits per heavy atom. The largest absolute Gasteiger partial charge is 0.343 e. The summed E-state index contributed by atoms with van der Waals surface area (Å²) in [6.07, 6.45) is 4.59. The van der Waals surface area contributed by atoms with E-state index < -0.39 is 0 Å². The van der Waals surface area contributed by atoms with Crippen LogP contribution in [0.5, 0.6) is 0 Å². The molecule has 2 aliphatic carbocycles. The third kappa shape index (κ3) is 3.02. The van der Waals surface area contributed by atoms with Crippen LogP contribution in [0.1, 0.15) is 44.5 Å². The number of rotatable bonds is 6. The van der Waals surface area contributed by atoms with Gasteiger partial charge in [0.1, 0.15) is 0 Å². The van der Waals surface area contributed by atoms with Crippen LogP contribution in [-0.2, 0) is 6.54 Å². The zero-order valence-corrected chi connectivity index (χ0v) is 11.7. The Labute approximate surface area is 117 Å². The van der Waals surface area contributed by atoms with Gasteiger partial charge in [-0.2, -0.15) is 5.10 Å².